The van der Waals surface area contributed by atoms with Crippen LogP contribution in [0.3, 0.4) is 0 Å². The Labute approximate surface area is 126 Å². The molecule has 2 amide bonds. The summed E-state index contributed by atoms with van der Waals surface area (Å²) in [7, 11) is 0. The van der Waals surface area contributed by atoms with Crippen LogP contribution in [0.1, 0.15) is 0 Å². The van der Waals surface area contributed by atoms with E-state index in [-0.39, 0.29) is 0 Å². The molecular formula is C13H9Br2FN2O. The van der Waals surface area contributed by atoms with Crippen molar-refractivity contribution in [2.75, 3.05) is 10.6 Å². The van der Waals surface area contributed by atoms with Crippen LogP contribution in [0.5, 0.6) is 0 Å². The minimum Gasteiger partial charge on any atom is -0.308 e. The average molecular weight is 388 g/mol. The van der Waals surface area contributed by atoms with Gasteiger partial charge in [0, 0.05) is 20.3 Å². The quantitative estimate of drug-likeness (QED) is 0.748. The van der Waals surface area contributed by atoms with Gasteiger partial charge in [0.25, 0.3) is 0 Å². The Bertz CT molecular complexity index is 599. The zero-order chi connectivity index (χ0) is 13.8. The first-order chi connectivity index (χ1) is 9.02. The second-order valence-electron chi connectivity index (χ2n) is 3.75. The van der Waals surface area contributed by atoms with E-state index in [1.165, 1.54) is 18.2 Å². The number of carbonyl (C=O) groups is 1. The predicted molar refractivity (Wildman–Crippen MR) is 80.9 cm³/mol. The normalized spacial score (nSPS) is 10.1. The Morgan fingerprint density at radius 1 is 0.947 bits per heavy atom. The molecule has 0 unspecified atom stereocenters. The Morgan fingerprint density at radius 2 is 1.58 bits per heavy atom. The fourth-order valence-electron chi connectivity index (χ4n) is 1.49. The highest BCUT2D eigenvalue weighted by Gasteiger charge is 2.04. The largest absolute Gasteiger partial charge is 0.323 e. The molecule has 0 aliphatic rings. The Kier molecular flexibility index (Phi) is 4.55. The smallest absolute Gasteiger partial charge is 0.308 e. The van der Waals surface area contributed by atoms with Gasteiger partial charge in [-0.3, -0.25) is 0 Å². The Balaban J connectivity index is 2.05. The summed E-state index contributed by atoms with van der Waals surface area (Å²) in [5.41, 5.74) is 1.02. The molecule has 2 aromatic carbocycles. The molecule has 0 radical (unpaired) electrons. The van der Waals surface area contributed by atoms with Gasteiger partial charge in [0.1, 0.15) is 5.82 Å². The Morgan fingerprint density at radius 3 is 2.21 bits per heavy atom. The molecular weight excluding hydrogens is 379 g/mol. The standard InChI is InChI=1S/C13H9Br2FN2O/c14-8-4-9(15)6-12(5-8)18-13(19)17-11-3-1-2-10(16)7-11/h1-7H,(H2,17,18,19). The van der Waals surface area contributed by atoms with Gasteiger partial charge < -0.3 is 10.6 Å². The van der Waals surface area contributed by atoms with Crippen LogP contribution in [0.15, 0.2) is 51.4 Å². The highest BCUT2D eigenvalue weighted by molar-refractivity contribution is 9.11. The number of anilines is 2. The molecule has 98 valence electrons. The van der Waals surface area contributed by atoms with E-state index in [1.54, 1.807) is 18.2 Å². The van der Waals surface area contributed by atoms with Crippen LogP contribution >= 0.6 is 31.9 Å². The van der Waals surface area contributed by atoms with Crippen LogP contribution in [0, 0.1) is 5.82 Å². The molecule has 0 aliphatic carbocycles. The molecule has 0 fully saturated rings. The van der Waals surface area contributed by atoms with Crippen molar-refractivity contribution in [3.05, 3.63) is 57.2 Å². The van der Waals surface area contributed by atoms with E-state index in [1.807, 2.05) is 6.07 Å². The number of hydrogen-bond donors (Lipinski definition) is 2. The maximum atomic E-state index is 13.0. The second-order valence-corrected chi connectivity index (χ2v) is 5.58. The van der Waals surface area contributed by atoms with Gasteiger partial charge in [0.2, 0.25) is 0 Å². The topological polar surface area (TPSA) is 41.1 Å². The maximum Gasteiger partial charge on any atom is 0.323 e. The van der Waals surface area contributed by atoms with Crippen molar-refractivity contribution < 1.29 is 9.18 Å². The summed E-state index contributed by atoms with van der Waals surface area (Å²) >= 11 is 6.66. The Hall–Kier alpha value is -1.40. The lowest BCUT2D eigenvalue weighted by atomic mass is 10.3. The summed E-state index contributed by atoms with van der Waals surface area (Å²) in [6, 6.07) is 10.6. The first-order valence-corrected chi connectivity index (χ1v) is 6.91. The molecule has 0 saturated heterocycles. The zero-order valence-electron chi connectivity index (χ0n) is 9.58. The molecule has 0 saturated carbocycles. The third-order valence-corrected chi connectivity index (χ3v) is 3.12. The van der Waals surface area contributed by atoms with Crippen LogP contribution < -0.4 is 10.6 Å². The minimum absolute atomic E-state index is 0.395. The number of carbonyl (C=O) groups excluding carboxylic acids is 1. The van der Waals surface area contributed by atoms with Crippen molar-refractivity contribution in [3.8, 4) is 0 Å². The van der Waals surface area contributed by atoms with Gasteiger partial charge >= 0.3 is 6.03 Å². The molecule has 0 bridgehead atoms. The lowest BCUT2D eigenvalue weighted by molar-refractivity contribution is 0.262. The van der Waals surface area contributed by atoms with Gasteiger partial charge in [0.05, 0.1) is 0 Å². The van der Waals surface area contributed by atoms with Gasteiger partial charge in [-0.05, 0) is 36.4 Å². The first-order valence-electron chi connectivity index (χ1n) is 5.32. The fraction of sp³-hybridized carbons (Fsp3) is 0. The van der Waals surface area contributed by atoms with Crippen molar-refractivity contribution in [1.29, 1.82) is 0 Å². The second kappa shape index (κ2) is 6.16. The molecule has 0 atom stereocenters. The van der Waals surface area contributed by atoms with E-state index >= 15 is 0 Å². The van der Waals surface area contributed by atoms with Gasteiger partial charge in [-0.2, -0.15) is 0 Å². The maximum absolute atomic E-state index is 13.0. The SMILES string of the molecule is O=C(Nc1cccc(F)c1)Nc1cc(Br)cc(Br)c1. The summed E-state index contributed by atoms with van der Waals surface area (Å²) in [4.78, 5) is 11.7. The van der Waals surface area contributed by atoms with E-state index in [4.69, 9.17) is 0 Å². The lowest BCUT2D eigenvalue weighted by Crippen LogP contribution is -2.19. The van der Waals surface area contributed by atoms with E-state index in [2.05, 4.69) is 42.5 Å². The summed E-state index contributed by atoms with van der Waals surface area (Å²) in [5.74, 6) is -0.400. The molecule has 2 aromatic rings. The van der Waals surface area contributed by atoms with E-state index in [0.29, 0.717) is 11.4 Å². The van der Waals surface area contributed by atoms with Crippen molar-refractivity contribution in [2.45, 2.75) is 0 Å². The van der Waals surface area contributed by atoms with Crippen molar-refractivity contribution in [3.63, 3.8) is 0 Å². The summed E-state index contributed by atoms with van der Waals surface area (Å²) < 4.78 is 14.6. The van der Waals surface area contributed by atoms with Crippen molar-refractivity contribution in [1.82, 2.24) is 0 Å². The summed E-state index contributed by atoms with van der Waals surface area (Å²) in [6.45, 7) is 0. The van der Waals surface area contributed by atoms with Gasteiger partial charge in [-0.15, -0.1) is 0 Å². The van der Waals surface area contributed by atoms with Crippen LogP contribution in [-0.4, -0.2) is 6.03 Å². The molecule has 6 heteroatoms. The average Bonchev–Trinajstić information content (AvgIpc) is 2.26. The molecule has 2 rings (SSSR count). The van der Waals surface area contributed by atoms with Crippen molar-refractivity contribution >= 4 is 49.3 Å². The predicted octanol–water partition coefficient (Wildman–Crippen LogP) is 4.99. The van der Waals surface area contributed by atoms with E-state index in [0.717, 1.165) is 8.95 Å². The van der Waals surface area contributed by atoms with Crippen molar-refractivity contribution in [2.24, 2.45) is 0 Å². The lowest BCUT2D eigenvalue weighted by Gasteiger charge is -2.08. The molecule has 19 heavy (non-hydrogen) atoms. The van der Waals surface area contributed by atoms with Crippen LogP contribution in [0.25, 0.3) is 0 Å². The third kappa shape index (κ3) is 4.33. The monoisotopic (exact) mass is 386 g/mol. The highest BCUT2D eigenvalue weighted by Crippen LogP contribution is 2.23. The van der Waals surface area contributed by atoms with E-state index < -0.39 is 11.8 Å². The van der Waals surface area contributed by atoms with Crippen LogP contribution in [0.4, 0.5) is 20.6 Å². The number of nitrogens with one attached hydrogen (secondary N) is 2. The minimum atomic E-state index is -0.435. The number of amides is 2. The first kappa shape index (κ1) is 14.0. The number of urea groups is 1. The molecule has 2 N–H and O–H groups in total. The van der Waals surface area contributed by atoms with Gasteiger partial charge in [0.15, 0.2) is 0 Å². The number of hydrogen-bond acceptors (Lipinski definition) is 1. The summed E-state index contributed by atoms with van der Waals surface area (Å²) in [6.07, 6.45) is 0. The van der Waals surface area contributed by atoms with Gasteiger partial charge in [-0.1, -0.05) is 37.9 Å². The highest BCUT2D eigenvalue weighted by atomic mass is 79.9. The molecule has 0 aliphatic heterocycles. The number of rotatable bonds is 2. The molecule has 0 spiro atoms. The van der Waals surface area contributed by atoms with Crippen LogP contribution in [-0.2, 0) is 0 Å². The van der Waals surface area contributed by atoms with Gasteiger partial charge in [-0.25, -0.2) is 9.18 Å². The molecule has 0 heterocycles. The number of halogens is 3. The molecule has 0 aromatic heterocycles. The number of benzene rings is 2. The van der Waals surface area contributed by atoms with Crippen LogP contribution in [0.2, 0.25) is 0 Å². The third-order valence-electron chi connectivity index (χ3n) is 2.20. The summed E-state index contributed by atoms with van der Waals surface area (Å²) in [5, 5.41) is 5.21. The molecule has 3 nitrogen and oxygen atoms in total. The van der Waals surface area contributed by atoms with E-state index in [9.17, 15) is 9.18 Å². The fourth-order valence-corrected chi connectivity index (χ4v) is 2.78. The zero-order valence-corrected chi connectivity index (χ0v) is 12.8.